The lowest BCUT2D eigenvalue weighted by Crippen LogP contribution is -2.00. The van der Waals surface area contributed by atoms with Crippen LogP contribution >= 0.6 is 83.4 Å². The highest BCUT2D eigenvalue weighted by atomic mass is 36.0. The molecule has 4 aliphatic rings. The van der Waals surface area contributed by atoms with E-state index in [2.05, 4.69) is 60.6 Å². The number of aryl methyl sites for hydroxylation is 2. The number of aromatic hydroxyl groups is 1. The maximum Gasteiger partial charge on any atom is 0.524 e. The first-order chi connectivity index (χ1) is 30.2. The van der Waals surface area contributed by atoms with Gasteiger partial charge in [-0.1, -0.05) is 12.1 Å². The van der Waals surface area contributed by atoms with Crippen molar-refractivity contribution in [2.24, 2.45) is 0 Å². The zero-order valence-electron chi connectivity index (χ0n) is 34.2. The number of fused-ring (bicyclic) bond motifs is 4. The summed E-state index contributed by atoms with van der Waals surface area (Å²) in [7, 11) is -1.48. The SMILES string of the molecule is COc1ccc(-c2c3ccc(=O)cc-3oc3cc(O)ccc23)c(C)c1.COc1ccc(-c2c3ccc(=O)cc-3oc3cc(OP(=O)(O)O)ccc23)c(C)c1.ClCCl.O=P(Cl)(Cl)Cl.S.S=S. The number of ether oxygens (including phenoxy) is 2. The van der Waals surface area contributed by atoms with Gasteiger partial charge in [-0.05, 0) is 143 Å². The average molecular weight is 1080 g/mol. The number of phenols is 1. The number of phosphoric ester groups is 1. The third-order valence-corrected chi connectivity index (χ3v) is 9.42. The van der Waals surface area contributed by atoms with Crippen molar-refractivity contribution in [3.63, 3.8) is 0 Å². The monoisotopic (exact) mass is 1080 g/mol. The second-order valence-electron chi connectivity index (χ2n) is 13.1. The molecule has 0 saturated carbocycles. The molecule has 0 aromatic heterocycles. The highest BCUT2D eigenvalue weighted by molar-refractivity contribution is 8.24. The van der Waals surface area contributed by atoms with Crippen LogP contribution in [0.15, 0.2) is 128 Å². The second-order valence-corrected chi connectivity index (χ2v) is 21.7. The van der Waals surface area contributed by atoms with Gasteiger partial charge in [0, 0.05) is 79.7 Å². The molecule has 0 unspecified atom stereocenters. The van der Waals surface area contributed by atoms with Crippen LogP contribution in [0, 0.1) is 13.8 Å². The summed E-state index contributed by atoms with van der Waals surface area (Å²) in [6, 6.07) is 30.5. The van der Waals surface area contributed by atoms with Gasteiger partial charge < -0.3 is 27.9 Å². The molecule has 344 valence electrons. The molecule has 0 fully saturated rings. The van der Waals surface area contributed by atoms with Gasteiger partial charge in [-0.2, -0.15) is 13.5 Å². The summed E-state index contributed by atoms with van der Waals surface area (Å²) in [5, 5.41) is 8.36. The molecule has 0 radical (unpaired) electrons. The molecule has 2 aliphatic heterocycles. The number of rotatable bonds is 6. The molecule has 4 aromatic carbocycles. The fourth-order valence-corrected chi connectivity index (χ4v) is 6.96. The smallest absolute Gasteiger partial charge is 0.508 e. The van der Waals surface area contributed by atoms with Crippen molar-refractivity contribution in [2.45, 2.75) is 13.8 Å². The normalized spacial score (nSPS) is 10.8. The molecule has 8 rings (SSSR count). The minimum absolute atomic E-state index is 0. The van der Waals surface area contributed by atoms with Crippen LogP contribution in [0.4, 0.5) is 0 Å². The third kappa shape index (κ3) is 15.3. The van der Waals surface area contributed by atoms with Gasteiger partial charge in [0.05, 0.1) is 19.6 Å². The van der Waals surface area contributed by atoms with Crippen molar-refractivity contribution in [2.75, 3.05) is 19.6 Å². The van der Waals surface area contributed by atoms with Crippen molar-refractivity contribution in [1.82, 2.24) is 0 Å². The predicted molar refractivity (Wildman–Crippen MR) is 273 cm³/mol. The molecule has 2 heterocycles. The van der Waals surface area contributed by atoms with Gasteiger partial charge in [-0.3, -0.25) is 23.9 Å². The van der Waals surface area contributed by atoms with E-state index in [1.165, 1.54) is 36.4 Å². The summed E-state index contributed by atoms with van der Waals surface area (Å²) < 4.78 is 47.7. The Morgan fingerprint density at radius 3 is 1.34 bits per heavy atom. The Kier molecular flexibility index (Phi) is 21.1. The molecule has 4 aromatic rings. The molecule has 0 bridgehead atoms. The predicted octanol–water partition coefficient (Wildman–Crippen LogP) is 13.3. The van der Waals surface area contributed by atoms with Crippen molar-refractivity contribution in [3.05, 3.63) is 141 Å². The Hall–Kier alpha value is -3.92. The van der Waals surface area contributed by atoms with E-state index >= 15 is 0 Å². The van der Waals surface area contributed by atoms with Crippen molar-refractivity contribution in [1.29, 1.82) is 0 Å². The molecule has 22 heteroatoms. The first-order valence-electron chi connectivity index (χ1n) is 18.0. The van der Waals surface area contributed by atoms with Gasteiger partial charge in [0.15, 0.2) is 10.9 Å². The van der Waals surface area contributed by atoms with Gasteiger partial charge in [0.2, 0.25) is 0 Å². The number of alkyl halides is 2. The third-order valence-electron chi connectivity index (χ3n) is 8.97. The molecule has 0 atom stereocenters. The van der Waals surface area contributed by atoms with Gasteiger partial charge in [0.25, 0.3) is 0 Å². The van der Waals surface area contributed by atoms with Crippen LogP contribution in [0.3, 0.4) is 0 Å². The van der Waals surface area contributed by atoms with Crippen LogP contribution in [0.25, 0.3) is 66.8 Å². The second kappa shape index (κ2) is 24.7. The fourth-order valence-electron chi connectivity index (χ4n) is 6.57. The Bertz CT molecular complexity index is 3060. The Morgan fingerprint density at radius 2 is 0.954 bits per heavy atom. The van der Waals surface area contributed by atoms with Gasteiger partial charge >= 0.3 is 13.0 Å². The molecule has 2 aliphatic carbocycles. The van der Waals surface area contributed by atoms with Crippen molar-refractivity contribution >= 4 is 128 Å². The lowest BCUT2D eigenvalue weighted by Gasteiger charge is -2.17. The highest BCUT2D eigenvalue weighted by Gasteiger charge is 2.22. The zero-order chi connectivity index (χ0) is 47.5. The number of methoxy groups -OCH3 is 2. The lowest BCUT2D eigenvalue weighted by molar-refractivity contribution is 0.283. The summed E-state index contributed by atoms with van der Waals surface area (Å²) in [6.45, 7) is 3.97. The van der Waals surface area contributed by atoms with Gasteiger partial charge in [0.1, 0.15) is 45.7 Å². The summed E-state index contributed by atoms with van der Waals surface area (Å²) in [4.78, 5) is 41.8. The van der Waals surface area contributed by atoms with Crippen LogP contribution < -0.4 is 24.9 Å². The number of hydrogen-bond donors (Lipinski definition) is 3. The van der Waals surface area contributed by atoms with Crippen LogP contribution in [0.2, 0.25) is 0 Å². The van der Waals surface area contributed by atoms with E-state index < -0.39 is 13.0 Å². The maximum absolute atomic E-state index is 11.9. The van der Waals surface area contributed by atoms with E-state index in [1.807, 2.05) is 56.3 Å². The van der Waals surface area contributed by atoms with Crippen LogP contribution in [0.1, 0.15) is 11.1 Å². The van der Waals surface area contributed by atoms with E-state index in [0.29, 0.717) is 28.1 Å². The first kappa shape index (κ1) is 55.4. The van der Waals surface area contributed by atoms with Crippen molar-refractivity contribution in [3.8, 4) is 67.9 Å². The Labute approximate surface area is 413 Å². The molecular formula is C43H37Cl5O12P2S3. The molecule has 0 amide bonds. The average Bonchev–Trinajstić information content (AvgIpc) is 3.22. The number of phenolic OH excluding ortho intramolecular Hbond substituents is 1. The van der Waals surface area contributed by atoms with E-state index in [0.717, 1.165) is 61.4 Å². The number of benzene rings is 6. The minimum atomic E-state index is -4.71. The first-order valence-corrected chi connectivity index (χ1v) is 26.3. The highest BCUT2D eigenvalue weighted by Crippen LogP contribution is 2.61. The van der Waals surface area contributed by atoms with Crippen molar-refractivity contribution < 1.29 is 46.9 Å². The van der Waals surface area contributed by atoms with Gasteiger partial charge in [-0.15, -0.1) is 23.2 Å². The number of hydrogen-bond acceptors (Lipinski definition) is 12. The van der Waals surface area contributed by atoms with E-state index in [-0.39, 0.29) is 41.2 Å². The van der Waals surface area contributed by atoms with E-state index in [1.54, 1.807) is 44.6 Å². The molecule has 0 spiro atoms. The molecule has 0 saturated heterocycles. The lowest BCUT2D eigenvalue weighted by atomic mass is 9.91. The summed E-state index contributed by atoms with van der Waals surface area (Å²) in [6.07, 6.45) is 0. The van der Waals surface area contributed by atoms with Crippen LogP contribution in [-0.2, 0) is 31.5 Å². The molecule has 65 heavy (non-hydrogen) atoms. The Morgan fingerprint density at radius 1 is 0.585 bits per heavy atom. The molecule has 12 nitrogen and oxygen atoms in total. The maximum atomic E-state index is 11.9. The summed E-state index contributed by atoms with van der Waals surface area (Å²) in [5.74, 6) is 2.45. The zero-order valence-corrected chi connectivity index (χ0v) is 42.4. The fraction of sp³-hybridized carbons (Fsp3) is 0.116. The Balaban J connectivity index is 0.000000285. The van der Waals surface area contributed by atoms with E-state index in [4.69, 9.17) is 51.3 Å². The van der Waals surface area contributed by atoms with Crippen LogP contribution in [-0.4, -0.2) is 34.5 Å². The standard InChI is InChI=1S/C21H17O7P.C21H16O4.CH2Cl2.Cl3OP.S2.H2S/c1-12-9-14(26-2)4-7-16(12)21-17-6-3-13(22)10-19(17)27-20-11-15(5-8-18(20)21)28-29(23,24)25;1-12-9-15(24-2)5-8-16(12)21-17-6-3-13(22)10-19(17)25-20-11-14(23)4-7-18(20)21;2-1-3;1-5(2,3)4;1-2;/h3-11H,1-2H3,(H2,23,24,25);3-11,22H,1-2H3;1H2;;;1H2. The van der Waals surface area contributed by atoms with E-state index in [9.17, 15) is 23.8 Å². The largest absolute Gasteiger partial charge is 0.524 e. The topological polar surface area (TPSA) is 183 Å². The number of phosphoric acid groups is 1. The summed E-state index contributed by atoms with van der Waals surface area (Å²) in [5.41, 5.74) is 7.89. The molecular weight excluding hydrogens is 1040 g/mol. The van der Waals surface area contributed by atoms with Crippen LogP contribution in [0.5, 0.6) is 23.0 Å². The quantitative estimate of drug-likeness (QED) is 0.0812. The summed E-state index contributed by atoms with van der Waals surface area (Å²) >= 11 is 30.7. The van der Waals surface area contributed by atoms with Gasteiger partial charge in [-0.25, -0.2) is 4.57 Å². The minimum Gasteiger partial charge on any atom is -0.508 e. The molecule has 3 N–H and O–H groups in total. The number of halogens is 5.